The molecule has 3 nitrogen and oxygen atoms in total. The Labute approximate surface area is 101 Å². The highest BCUT2D eigenvalue weighted by Crippen LogP contribution is 2.25. The van der Waals surface area contributed by atoms with E-state index < -0.39 is 0 Å². The van der Waals surface area contributed by atoms with Crippen LogP contribution in [0, 0.1) is 0 Å². The summed E-state index contributed by atoms with van der Waals surface area (Å²) in [7, 11) is 3.34. The molecule has 1 aromatic carbocycles. The number of nitrogens with zero attached hydrogens (tertiary/aromatic N) is 1. The van der Waals surface area contributed by atoms with Gasteiger partial charge in [0.15, 0.2) is 0 Å². The highest BCUT2D eigenvalue weighted by Gasteiger charge is 2.18. The lowest BCUT2D eigenvalue weighted by atomic mass is 10.0. The average Bonchev–Trinajstić information content (AvgIpc) is 2.38. The predicted molar refractivity (Wildman–Crippen MR) is 66.2 cm³/mol. The van der Waals surface area contributed by atoms with Gasteiger partial charge in [0.25, 0.3) is 0 Å². The van der Waals surface area contributed by atoms with Gasteiger partial charge in [0, 0.05) is 13.2 Å². The zero-order valence-corrected chi connectivity index (χ0v) is 9.96. The van der Waals surface area contributed by atoms with Crippen molar-refractivity contribution in [2.24, 2.45) is 0 Å². The van der Waals surface area contributed by atoms with Crippen LogP contribution in [0.4, 0.5) is 0 Å². The lowest BCUT2D eigenvalue weighted by Crippen LogP contribution is -2.22. The smallest absolute Gasteiger partial charge is 0.339 e. The first kappa shape index (κ1) is 11.5. The van der Waals surface area contributed by atoms with Gasteiger partial charge in [0.2, 0.25) is 0 Å². The molecule has 1 atom stereocenters. The number of ether oxygens (including phenoxy) is 1. The minimum atomic E-state index is -0.306. The number of likely N-dealkylation sites (N-methyl/N-ethyl adjacent to an activating group) is 1. The molecule has 1 heterocycles. The van der Waals surface area contributed by atoms with E-state index in [9.17, 15) is 4.79 Å². The third-order valence-corrected chi connectivity index (χ3v) is 2.80. The molecular weight excluding hydrogens is 214 g/mol. The number of carbonyl (C=O) groups excluding carboxylic acids is 1. The van der Waals surface area contributed by atoms with E-state index >= 15 is 0 Å². The Bertz CT molecular complexity index is 462. The summed E-state index contributed by atoms with van der Waals surface area (Å²) in [4.78, 5) is 13.4. The second kappa shape index (κ2) is 4.87. The van der Waals surface area contributed by atoms with Crippen LogP contribution < -0.4 is 0 Å². The zero-order valence-electron chi connectivity index (χ0n) is 9.96. The summed E-state index contributed by atoms with van der Waals surface area (Å²) in [6.07, 6.45) is 5.62. The molecular formula is C14H15NO2. The van der Waals surface area contributed by atoms with Crippen LogP contribution in [0.5, 0.6) is 0 Å². The molecule has 0 amide bonds. The lowest BCUT2D eigenvalue weighted by Gasteiger charge is -2.28. The Morgan fingerprint density at radius 2 is 2.00 bits per heavy atom. The van der Waals surface area contributed by atoms with Crippen LogP contribution >= 0.6 is 0 Å². The molecule has 0 aliphatic carbocycles. The minimum Gasteiger partial charge on any atom is -0.465 e. The van der Waals surface area contributed by atoms with E-state index in [0.717, 1.165) is 0 Å². The minimum absolute atomic E-state index is 0.171. The molecule has 88 valence electrons. The fourth-order valence-electron chi connectivity index (χ4n) is 1.91. The van der Waals surface area contributed by atoms with Gasteiger partial charge in [-0.25, -0.2) is 4.79 Å². The number of methoxy groups -OCH3 is 1. The van der Waals surface area contributed by atoms with E-state index in [1.54, 1.807) is 0 Å². The van der Waals surface area contributed by atoms with Crippen molar-refractivity contribution in [1.82, 2.24) is 4.90 Å². The summed E-state index contributed by atoms with van der Waals surface area (Å²) in [5, 5.41) is 0. The van der Waals surface area contributed by atoms with Crippen molar-refractivity contribution in [3.63, 3.8) is 0 Å². The van der Waals surface area contributed by atoms with Gasteiger partial charge in [0.05, 0.1) is 18.7 Å². The summed E-state index contributed by atoms with van der Waals surface area (Å²) < 4.78 is 4.69. The van der Waals surface area contributed by atoms with Gasteiger partial charge in [-0.3, -0.25) is 0 Å². The molecule has 3 heteroatoms. The maximum Gasteiger partial charge on any atom is 0.339 e. The fourth-order valence-corrected chi connectivity index (χ4v) is 1.91. The Hall–Kier alpha value is -2.03. The first-order valence-corrected chi connectivity index (χ1v) is 5.47. The Balaban J connectivity index is 2.20. The molecule has 2 rings (SSSR count). The van der Waals surface area contributed by atoms with Gasteiger partial charge >= 0.3 is 5.97 Å². The molecule has 1 aromatic rings. The molecule has 0 N–H and O–H groups in total. The molecule has 0 radical (unpaired) electrons. The van der Waals surface area contributed by atoms with Crippen molar-refractivity contribution >= 4 is 5.97 Å². The van der Waals surface area contributed by atoms with Crippen LogP contribution in [-0.4, -0.2) is 25.0 Å². The van der Waals surface area contributed by atoms with E-state index in [0.29, 0.717) is 5.57 Å². The van der Waals surface area contributed by atoms with Gasteiger partial charge < -0.3 is 9.64 Å². The quantitative estimate of drug-likeness (QED) is 0.729. The first-order valence-electron chi connectivity index (χ1n) is 5.47. The van der Waals surface area contributed by atoms with Crippen LogP contribution in [0.3, 0.4) is 0 Å². The van der Waals surface area contributed by atoms with Crippen LogP contribution in [0.2, 0.25) is 0 Å². The van der Waals surface area contributed by atoms with Crippen LogP contribution in [0.15, 0.2) is 54.3 Å². The predicted octanol–water partition coefficient (Wildman–Crippen LogP) is 2.29. The lowest BCUT2D eigenvalue weighted by molar-refractivity contribution is -0.135. The molecule has 0 saturated carbocycles. The molecule has 0 unspecified atom stereocenters. The number of benzene rings is 1. The van der Waals surface area contributed by atoms with E-state index in [2.05, 4.69) is 12.1 Å². The van der Waals surface area contributed by atoms with Gasteiger partial charge in [-0.15, -0.1) is 0 Å². The van der Waals surface area contributed by atoms with Crippen LogP contribution in [0.1, 0.15) is 11.6 Å². The zero-order chi connectivity index (χ0) is 12.3. The molecule has 0 saturated heterocycles. The van der Waals surface area contributed by atoms with Crippen molar-refractivity contribution < 1.29 is 9.53 Å². The van der Waals surface area contributed by atoms with Gasteiger partial charge in [0.1, 0.15) is 0 Å². The normalized spacial score (nSPS) is 18.8. The second-order valence-corrected chi connectivity index (χ2v) is 3.96. The Morgan fingerprint density at radius 1 is 1.29 bits per heavy atom. The van der Waals surface area contributed by atoms with Crippen molar-refractivity contribution in [2.45, 2.75) is 6.04 Å². The van der Waals surface area contributed by atoms with Crippen LogP contribution in [-0.2, 0) is 9.53 Å². The standard InChI is InChI=1S/C14H15NO2/c1-15-10-12(14(16)17-2)8-9-13(15)11-6-4-3-5-7-11/h3-10,13H,1-2H3/t13-/m0/s1. The number of rotatable bonds is 2. The van der Waals surface area contributed by atoms with E-state index in [1.165, 1.54) is 12.7 Å². The van der Waals surface area contributed by atoms with Crippen LogP contribution in [0.25, 0.3) is 0 Å². The third kappa shape index (κ3) is 2.38. The summed E-state index contributed by atoms with van der Waals surface area (Å²) in [5.74, 6) is -0.306. The van der Waals surface area contributed by atoms with Gasteiger partial charge in [-0.05, 0) is 11.6 Å². The first-order chi connectivity index (χ1) is 8.22. The second-order valence-electron chi connectivity index (χ2n) is 3.96. The average molecular weight is 229 g/mol. The molecule has 0 fully saturated rings. The SMILES string of the molecule is COC(=O)C1=CN(C)[C@H](c2ccccc2)C=C1. The monoisotopic (exact) mass is 229 g/mol. The van der Waals surface area contributed by atoms with Crippen molar-refractivity contribution in [3.8, 4) is 0 Å². The van der Waals surface area contributed by atoms with Gasteiger partial charge in [-0.2, -0.15) is 0 Å². The van der Waals surface area contributed by atoms with E-state index in [-0.39, 0.29) is 12.0 Å². The van der Waals surface area contributed by atoms with Crippen molar-refractivity contribution in [1.29, 1.82) is 0 Å². The fraction of sp³-hybridized carbons (Fsp3) is 0.214. The molecule has 0 bridgehead atoms. The van der Waals surface area contributed by atoms with Gasteiger partial charge in [-0.1, -0.05) is 36.4 Å². The number of carbonyl (C=O) groups is 1. The maximum absolute atomic E-state index is 11.4. The van der Waals surface area contributed by atoms with E-state index in [4.69, 9.17) is 4.74 Å². The molecule has 1 aliphatic heterocycles. The highest BCUT2D eigenvalue weighted by molar-refractivity contribution is 5.91. The Kier molecular flexibility index (Phi) is 3.28. The maximum atomic E-state index is 11.4. The summed E-state index contributed by atoms with van der Waals surface area (Å²) in [6.45, 7) is 0. The molecule has 0 spiro atoms. The summed E-state index contributed by atoms with van der Waals surface area (Å²) in [5.41, 5.74) is 1.77. The molecule has 1 aliphatic rings. The largest absolute Gasteiger partial charge is 0.465 e. The highest BCUT2D eigenvalue weighted by atomic mass is 16.5. The molecule has 0 aromatic heterocycles. The number of esters is 1. The number of hydrogen-bond donors (Lipinski definition) is 0. The van der Waals surface area contributed by atoms with E-state index in [1.807, 2.05) is 48.5 Å². The topological polar surface area (TPSA) is 29.5 Å². The Morgan fingerprint density at radius 3 is 2.59 bits per heavy atom. The number of hydrogen-bond acceptors (Lipinski definition) is 3. The van der Waals surface area contributed by atoms with Crippen molar-refractivity contribution in [2.75, 3.05) is 14.2 Å². The summed E-state index contributed by atoms with van der Waals surface area (Å²) in [6, 6.07) is 10.3. The van der Waals surface area contributed by atoms with Crippen molar-refractivity contribution in [3.05, 3.63) is 59.8 Å². The molecule has 17 heavy (non-hydrogen) atoms. The summed E-state index contributed by atoms with van der Waals surface area (Å²) >= 11 is 0. The third-order valence-electron chi connectivity index (χ3n) is 2.80.